The summed E-state index contributed by atoms with van der Waals surface area (Å²) in [6, 6.07) is 25.8. The van der Waals surface area contributed by atoms with E-state index in [0.29, 0.717) is 12.2 Å². The fourth-order valence-corrected chi connectivity index (χ4v) is 1.92. The second-order valence-electron chi connectivity index (χ2n) is 4.43. The molecule has 0 aliphatic rings. The van der Waals surface area contributed by atoms with E-state index in [-0.39, 0.29) is 23.0 Å². The predicted molar refractivity (Wildman–Crippen MR) is 85.5 cm³/mol. The summed E-state index contributed by atoms with van der Waals surface area (Å²) in [6.45, 7) is 2.23. The van der Waals surface area contributed by atoms with Gasteiger partial charge < -0.3 is 52.3 Å². The van der Waals surface area contributed by atoms with Crippen LogP contribution >= 0.6 is 0 Å². The van der Waals surface area contributed by atoms with Crippen molar-refractivity contribution in [1.82, 2.24) is 0 Å². The molecular weight excluding hydrogens is 316 g/mol. The van der Waals surface area contributed by atoms with E-state index in [9.17, 15) is 4.79 Å². The maximum atomic E-state index is 10.9. The van der Waals surface area contributed by atoms with Crippen LogP contribution in [0.5, 0.6) is 0 Å². The van der Waals surface area contributed by atoms with Gasteiger partial charge in [-0.3, -0.25) is 4.79 Å². The molecule has 0 bridgehead atoms. The molecule has 22 heavy (non-hydrogen) atoms. The second kappa shape index (κ2) is 9.77. The summed E-state index contributed by atoms with van der Waals surface area (Å²) >= 11 is 0. The van der Waals surface area contributed by atoms with Crippen molar-refractivity contribution in [2.75, 3.05) is 6.61 Å². The van der Waals surface area contributed by atoms with Crippen LogP contribution in [0.2, 0.25) is 0 Å². The van der Waals surface area contributed by atoms with Gasteiger partial charge in [0.15, 0.2) is 0 Å². The van der Waals surface area contributed by atoms with Crippen LogP contribution in [-0.2, 0) is 21.8 Å². The van der Waals surface area contributed by atoms with E-state index < -0.39 is 0 Å². The largest absolute Gasteiger partial charge is 0.642 e. The first kappa shape index (κ1) is 18.0. The number of ether oxygens (including phenoxy) is 1. The van der Waals surface area contributed by atoms with Crippen molar-refractivity contribution in [3.8, 4) is 11.1 Å². The minimum absolute atomic E-state index is 0. The fraction of sp³-hybridized carbons (Fsp3) is 0.105. The van der Waals surface area contributed by atoms with E-state index in [1.165, 1.54) is 11.1 Å². The molecule has 2 nitrogen and oxygen atoms in total. The molecular formula is C19H18FeO2-6. The minimum Gasteiger partial charge on any atom is -0.642 e. The van der Waals surface area contributed by atoms with Crippen LogP contribution in [0.3, 0.4) is 0 Å². The van der Waals surface area contributed by atoms with Crippen molar-refractivity contribution in [3.05, 3.63) is 84.4 Å². The molecule has 0 aromatic heterocycles. The molecule has 0 fully saturated rings. The zero-order chi connectivity index (χ0) is 14.9. The van der Waals surface area contributed by atoms with Gasteiger partial charge in [-0.25, -0.2) is 12.1 Å². The second-order valence-corrected chi connectivity index (χ2v) is 4.43. The van der Waals surface area contributed by atoms with Gasteiger partial charge in [0.1, 0.15) is 0 Å². The van der Waals surface area contributed by atoms with Gasteiger partial charge in [0.2, 0.25) is 0 Å². The fourth-order valence-electron chi connectivity index (χ4n) is 1.92. The number of rotatable bonds is 3. The van der Waals surface area contributed by atoms with Crippen molar-refractivity contribution in [2.24, 2.45) is 0 Å². The number of esters is 1. The van der Waals surface area contributed by atoms with Crippen molar-refractivity contribution in [3.63, 3.8) is 0 Å². The van der Waals surface area contributed by atoms with Crippen LogP contribution in [-0.4, -0.2) is 12.6 Å². The third kappa shape index (κ3) is 5.36. The first-order valence-electron chi connectivity index (χ1n) is 6.97. The molecule has 0 N–H and O–H groups in total. The van der Waals surface area contributed by atoms with Gasteiger partial charge in [0.25, 0.3) is 5.97 Å². The summed E-state index contributed by atoms with van der Waals surface area (Å²) in [5, 5.41) is 0. The Kier molecular flexibility index (Phi) is 7.98. The molecule has 0 saturated heterocycles. The zero-order valence-electron chi connectivity index (χ0n) is 12.4. The van der Waals surface area contributed by atoms with Crippen LogP contribution in [0.15, 0.2) is 78.9 Å². The van der Waals surface area contributed by atoms with Crippen molar-refractivity contribution in [1.29, 1.82) is 0 Å². The van der Waals surface area contributed by atoms with Crippen molar-refractivity contribution in [2.45, 2.75) is 6.92 Å². The number of benzene rings is 1. The number of hydrogen-bond donors (Lipinski definition) is 0. The zero-order valence-corrected chi connectivity index (χ0v) is 13.5. The summed E-state index contributed by atoms with van der Waals surface area (Å²) in [6.07, 6.45) is 0. The average Bonchev–Trinajstić information content (AvgIpc) is 3.23. The van der Waals surface area contributed by atoms with Crippen LogP contribution in [0.1, 0.15) is 17.3 Å². The molecule has 0 aliphatic carbocycles. The Bertz CT molecular complexity index is 625. The van der Waals surface area contributed by atoms with Gasteiger partial charge in [0.05, 0.1) is 6.61 Å². The quantitative estimate of drug-likeness (QED) is 0.396. The van der Waals surface area contributed by atoms with E-state index in [4.69, 9.17) is 4.74 Å². The average molecular weight is 334 g/mol. The Morgan fingerprint density at radius 2 is 1.64 bits per heavy atom. The van der Waals surface area contributed by atoms with Crippen LogP contribution in [0, 0.1) is 0 Å². The molecule has 3 rings (SSSR count). The number of carbonyl (C=O) groups is 1. The van der Waals surface area contributed by atoms with E-state index in [1.807, 2.05) is 18.2 Å². The van der Waals surface area contributed by atoms with Crippen LogP contribution < -0.4 is 0 Å². The van der Waals surface area contributed by atoms with Crippen LogP contribution in [0.4, 0.5) is 0 Å². The topological polar surface area (TPSA) is 26.3 Å². The van der Waals surface area contributed by atoms with Gasteiger partial charge in [-0.1, -0.05) is 5.56 Å². The van der Waals surface area contributed by atoms with Gasteiger partial charge in [0, 0.05) is 17.1 Å². The Morgan fingerprint density at radius 3 is 2.18 bits per heavy atom. The molecule has 3 aromatic carbocycles. The smallest absolute Gasteiger partial charge is 0.281 e. The van der Waals surface area contributed by atoms with Gasteiger partial charge >= 0.3 is 0 Å². The summed E-state index contributed by atoms with van der Waals surface area (Å²) < 4.78 is 4.75. The number of hydrogen-bond acceptors (Lipinski definition) is 2. The molecule has 3 heteroatoms. The minimum atomic E-state index is -0.243. The summed E-state index contributed by atoms with van der Waals surface area (Å²) in [5.74, 6) is -0.243. The third-order valence-corrected chi connectivity index (χ3v) is 2.94. The molecule has 0 amide bonds. The molecule has 0 unspecified atom stereocenters. The Labute approximate surface area is 141 Å². The Hall–Kier alpha value is -2.09. The van der Waals surface area contributed by atoms with E-state index >= 15 is 0 Å². The number of carbonyl (C=O) groups excluding carboxylic acids is 1. The maximum Gasteiger partial charge on any atom is 0.281 e. The first-order valence-corrected chi connectivity index (χ1v) is 6.97. The summed E-state index contributed by atoms with van der Waals surface area (Å²) in [7, 11) is 0. The van der Waals surface area contributed by atoms with Crippen molar-refractivity contribution < 1.29 is 26.6 Å². The monoisotopic (exact) mass is 334 g/mol. The summed E-state index contributed by atoms with van der Waals surface area (Å²) in [5.41, 5.74) is 3.21. The first-order chi connectivity index (χ1) is 10.3. The molecule has 120 valence electrons. The maximum absolute atomic E-state index is 10.9. The van der Waals surface area contributed by atoms with E-state index in [0.717, 1.165) is 0 Å². The normalized spacial score (nSPS) is 9.14. The molecule has 3 aromatic rings. The molecule has 0 aliphatic heterocycles. The van der Waals surface area contributed by atoms with E-state index in [1.54, 1.807) is 19.1 Å². The SMILES string of the molecule is CCOC(=O)[c-]1cccc1.[Fe].c1ccc(-[c-]2[cH-][cH-][cH-][cH-]2)cc1. The van der Waals surface area contributed by atoms with Crippen LogP contribution in [0.25, 0.3) is 11.1 Å². The summed E-state index contributed by atoms with van der Waals surface area (Å²) in [4.78, 5) is 10.9. The van der Waals surface area contributed by atoms with Gasteiger partial charge in [-0.05, 0) is 6.92 Å². The molecule has 0 saturated carbocycles. The Morgan fingerprint density at radius 1 is 1.05 bits per heavy atom. The predicted octanol–water partition coefficient (Wildman–Crippen LogP) is 4.65. The molecule has 0 heterocycles. The van der Waals surface area contributed by atoms with Gasteiger partial charge in [-0.2, -0.15) is 24.3 Å². The van der Waals surface area contributed by atoms with E-state index in [2.05, 4.69) is 48.5 Å². The third-order valence-electron chi connectivity index (χ3n) is 2.94. The molecule has 0 atom stereocenters. The molecule has 0 radical (unpaired) electrons. The Balaban J connectivity index is 0.000000212. The molecule has 0 spiro atoms. The standard InChI is InChI=1S/C11H9.C8H9O2.Fe/c1-2-6-10(7-3-1)11-8-4-5-9-11;1-2-10-8(9)7-5-3-4-6-7;/h1-9H;3-6H,2H2,1H3;/q-5;-1;. The van der Waals surface area contributed by atoms with Gasteiger partial charge in [-0.15, -0.1) is 6.07 Å². The van der Waals surface area contributed by atoms with Crippen molar-refractivity contribution >= 4 is 5.97 Å².